The minimum atomic E-state index is -0.335. The van der Waals surface area contributed by atoms with Gasteiger partial charge in [0.1, 0.15) is 6.54 Å². The summed E-state index contributed by atoms with van der Waals surface area (Å²) >= 11 is 5.08. The summed E-state index contributed by atoms with van der Waals surface area (Å²) < 4.78 is 1.84. The summed E-state index contributed by atoms with van der Waals surface area (Å²) in [6.45, 7) is 4.31. The average molecular weight is 395 g/mol. The fourth-order valence-electron chi connectivity index (χ4n) is 2.83. The minimum absolute atomic E-state index is 0.0312. The second-order valence-electron chi connectivity index (χ2n) is 6.74. The molecule has 0 fully saturated rings. The van der Waals surface area contributed by atoms with E-state index in [1.54, 1.807) is 12.1 Å². The Labute approximate surface area is 168 Å². The molecule has 3 rings (SSSR count). The average Bonchev–Trinajstić information content (AvgIpc) is 3.09. The molecule has 0 saturated carbocycles. The minimum Gasteiger partial charge on any atom is -0.338 e. The summed E-state index contributed by atoms with van der Waals surface area (Å²) in [5.74, 6) is -0.217. The van der Waals surface area contributed by atoms with Crippen LogP contribution in [0.4, 0.5) is 0 Å². The summed E-state index contributed by atoms with van der Waals surface area (Å²) in [5.41, 5.74) is 7.68. The first-order chi connectivity index (χ1) is 13.4. The lowest BCUT2D eigenvalue weighted by atomic mass is 10.0. The number of fused-ring (bicyclic) bond motifs is 1. The van der Waals surface area contributed by atoms with Gasteiger partial charge in [0.2, 0.25) is 0 Å². The highest BCUT2D eigenvalue weighted by molar-refractivity contribution is 7.80. The summed E-state index contributed by atoms with van der Waals surface area (Å²) in [4.78, 5) is 24.4. The number of amides is 2. The Kier molecular flexibility index (Phi) is 6.06. The van der Waals surface area contributed by atoms with Crippen LogP contribution in [-0.4, -0.2) is 21.5 Å². The van der Waals surface area contributed by atoms with Crippen LogP contribution >= 0.6 is 12.2 Å². The fourth-order valence-corrected chi connectivity index (χ4v) is 2.97. The highest BCUT2D eigenvalue weighted by atomic mass is 32.1. The molecule has 3 N–H and O–H groups in total. The second kappa shape index (κ2) is 8.67. The zero-order valence-electron chi connectivity index (χ0n) is 15.7. The molecule has 1 heterocycles. The van der Waals surface area contributed by atoms with Gasteiger partial charge >= 0.3 is 0 Å². The molecule has 0 aliphatic carbocycles. The molecule has 2 amide bonds. The predicted molar refractivity (Wildman–Crippen MR) is 114 cm³/mol. The van der Waals surface area contributed by atoms with E-state index in [-0.39, 0.29) is 23.5 Å². The van der Waals surface area contributed by atoms with Gasteiger partial charge < -0.3 is 4.57 Å². The molecule has 28 heavy (non-hydrogen) atoms. The van der Waals surface area contributed by atoms with Crippen LogP contribution in [0.3, 0.4) is 0 Å². The van der Waals surface area contributed by atoms with E-state index in [2.05, 4.69) is 30.0 Å². The number of nitrogens with zero attached hydrogens (tertiary/aromatic N) is 1. The van der Waals surface area contributed by atoms with Gasteiger partial charge in [0.25, 0.3) is 11.8 Å². The van der Waals surface area contributed by atoms with E-state index in [0.29, 0.717) is 11.5 Å². The fraction of sp³-hybridized carbons (Fsp3) is 0.190. The van der Waals surface area contributed by atoms with Crippen molar-refractivity contribution in [1.29, 1.82) is 0 Å². The third-order valence-electron chi connectivity index (χ3n) is 4.38. The number of aromatic nitrogens is 1. The van der Waals surface area contributed by atoms with Crippen LogP contribution in [0.2, 0.25) is 0 Å². The molecule has 0 unspecified atom stereocenters. The number of carbonyl (C=O) groups excluding carboxylic acids is 2. The van der Waals surface area contributed by atoms with Crippen LogP contribution in [0.5, 0.6) is 0 Å². The summed E-state index contributed by atoms with van der Waals surface area (Å²) in [7, 11) is 0. The van der Waals surface area contributed by atoms with E-state index in [9.17, 15) is 9.59 Å². The maximum atomic E-state index is 12.2. The molecule has 2 aromatic carbocycles. The molecule has 1 aromatic heterocycles. The first kappa shape index (κ1) is 19.6. The first-order valence-electron chi connectivity index (χ1n) is 8.98. The third-order valence-corrected chi connectivity index (χ3v) is 4.58. The van der Waals surface area contributed by atoms with Gasteiger partial charge in [-0.05, 0) is 53.4 Å². The van der Waals surface area contributed by atoms with Crippen LogP contribution in [0.15, 0.2) is 60.8 Å². The maximum absolute atomic E-state index is 12.2. The largest absolute Gasteiger partial charge is 0.338 e. The molecule has 0 bridgehead atoms. The number of hydrazine groups is 1. The molecule has 0 aliphatic rings. The zero-order chi connectivity index (χ0) is 20.1. The Morgan fingerprint density at radius 2 is 1.71 bits per heavy atom. The molecule has 0 spiro atoms. The van der Waals surface area contributed by atoms with Crippen molar-refractivity contribution in [3.05, 3.63) is 71.9 Å². The smallest absolute Gasteiger partial charge is 0.258 e. The van der Waals surface area contributed by atoms with Gasteiger partial charge in [0.15, 0.2) is 5.11 Å². The summed E-state index contributed by atoms with van der Waals surface area (Å²) in [5, 5.41) is 3.64. The Hall–Kier alpha value is -3.19. The van der Waals surface area contributed by atoms with Crippen LogP contribution in [0, 0.1) is 0 Å². The van der Waals surface area contributed by atoms with Crippen molar-refractivity contribution in [2.24, 2.45) is 0 Å². The van der Waals surface area contributed by atoms with Gasteiger partial charge in [0.05, 0.1) is 0 Å². The number of hydrogen-bond acceptors (Lipinski definition) is 3. The van der Waals surface area contributed by atoms with Crippen molar-refractivity contribution in [2.75, 3.05) is 0 Å². The molecule has 144 valence electrons. The Morgan fingerprint density at radius 3 is 2.43 bits per heavy atom. The Morgan fingerprint density at radius 1 is 1.00 bits per heavy atom. The van der Waals surface area contributed by atoms with Gasteiger partial charge in [-0.2, -0.15) is 0 Å². The van der Waals surface area contributed by atoms with Crippen molar-refractivity contribution in [2.45, 2.75) is 26.3 Å². The van der Waals surface area contributed by atoms with E-state index in [4.69, 9.17) is 12.2 Å². The molecular weight excluding hydrogens is 372 g/mol. The van der Waals surface area contributed by atoms with Crippen molar-refractivity contribution >= 4 is 40.0 Å². The van der Waals surface area contributed by atoms with Crippen LogP contribution in [0.1, 0.15) is 35.7 Å². The number of rotatable bonds is 4. The predicted octanol–water partition coefficient (Wildman–Crippen LogP) is 3.10. The van der Waals surface area contributed by atoms with Crippen LogP contribution in [-0.2, 0) is 11.3 Å². The molecule has 7 heteroatoms. The molecule has 0 atom stereocenters. The van der Waals surface area contributed by atoms with Crippen molar-refractivity contribution < 1.29 is 9.59 Å². The van der Waals surface area contributed by atoms with Gasteiger partial charge in [-0.15, -0.1) is 0 Å². The number of thiocarbonyl (C=S) groups is 1. The Balaban J connectivity index is 1.49. The standard InChI is InChI=1S/C21H22N4O2S/c1-14(2)15-7-9-17(10-8-15)20(27)22-21(28)24-23-19(26)13-25-12-11-16-5-3-4-6-18(16)25/h3-12,14H,13H2,1-2H3,(H,23,26)(H2,22,24,27,28). The van der Waals surface area contributed by atoms with Gasteiger partial charge in [-0.3, -0.25) is 25.8 Å². The van der Waals surface area contributed by atoms with E-state index in [1.807, 2.05) is 53.2 Å². The van der Waals surface area contributed by atoms with E-state index in [1.165, 1.54) is 0 Å². The molecule has 0 saturated heterocycles. The number of carbonyl (C=O) groups is 2. The van der Waals surface area contributed by atoms with Crippen LogP contribution in [0.25, 0.3) is 10.9 Å². The lowest BCUT2D eigenvalue weighted by molar-refractivity contribution is -0.122. The van der Waals surface area contributed by atoms with Gasteiger partial charge in [-0.1, -0.05) is 44.2 Å². The highest BCUT2D eigenvalue weighted by Crippen LogP contribution is 2.15. The van der Waals surface area contributed by atoms with Gasteiger partial charge in [-0.25, -0.2) is 0 Å². The van der Waals surface area contributed by atoms with Gasteiger partial charge in [0, 0.05) is 17.3 Å². The SMILES string of the molecule is CC(C)c1ccc(C(=O)NC(=S)NNC(=O)Cn2ccc3ccccc32)cc1. The van der Waals surface area contributed by atoms with E-state index in [0.717, 1.165) is 16.5 Å². The van der Waals surface area contributed by atoms with Crippen molar-refractivity contribution in [3.63, 3.8) is 0 Å². The normalized spacial score (nSPS) is 10.7. The number of benzene rings is 2. The molecule has 0 radical (unpaired) electrons. The Bertz CT molecular complexity index is 1010. The monoisotopic (exact) mass is 394 g/mol. The quantitative estimate of drug-likeness (QED) is 0.470. The zero-order valence-corrected chi connectivity index (χ0v) is 16.5. The molecule has 3 aromatic rings. The van der Waals surface area contributed by atoms with E-state index >= 15 is 0 Å². The maximum Gasteiger partial charge on any atom is 0.258 e. The van der Waals surface area contributed by atoms with Crippen molar-refractivity contribution in [3.8, 4) is 0 Å². The summed E-state index contributed by atoms with van der Waals surface area (Å²) in [6.07, 6.45) is 1.85. The van der Waals surface area contributed by atoms with Crippen molar-refractivity contribution in [1.82, 2.24) is 20.7 Å². The highest BCUT2D eigenvalue weighted by Gasteiger charge is 2.10. The second-order valence-corrected chi connectivity index (χ2v) is 7.14. The number of para-hydroxylation sites is 1. The first-order valence-corrected chi connectivity index (χ1v) is 9.39. The van der Waals surface area contributed by atoms with E-state index < -0.39 is 0 Å². The lowest BCUT2D eigenvalue weighted by Gasteiger charge is -2.12. The molecule has 6 nitrogen and oxygen atoms in total. The summed E-state index contributed by atoms with van der Waals surface area (Å²) in [6, 6.07) is 17.1. The molecular formula is C21H22N4O2S. The number of nitrogens with one attached hydrogen (secondary N) is 3. The number of hydrogen-bond donors (Lipinski definition) is 3. The van der Waals surface area contributed by atoms with Crippen LogP contribution < -0.4 is 16.2 Å². The topological polar surface area (TPSA) is 75.2 Å². The third kappa shape index (κ3) is 4.75. The lowest BCUT2D eigenvalue weighted by Crippen LogP contribution is -2.49. The molecule has 0 aliphatic heterocycles.